The fraction of sp³-hybridized carbons (Fsp3) is 0.583. The Morgan fingerprint density at radius 2 is 2.39 bits per heavy atom. The Labute approximate surface area is 119 Å². The van der Waals surface area contributed by atoms with Crippen molar-refractivity contribution in [1.82, 2.24) is 4.90 Å². The molecule has 2 unspecified atom stereocenters. The average Bonchev–Trinajstić information content (AvgIpc) is 2.76. The summed E-state index contributed by atoms with van der Waals surface area (Å²) in [6, 6.07) is 4.03. The lowest BCUT2D eigenvalue weighted by molar-refractivity contribution is -0.138. The average molecular weight is 333 g/mol. The molecule has 1 aromatic heterocycles. The highest BCUT2D eigenvalue weighted by molar-refractivity contribution is 9.11. The molecule has 0 bridgehead atoms. The van der Waals surface area contributed by atoms with E-state index in [0.29, 0.717) is 19.6 Å². The van der Waals surface area contributed by atoms with Crippen molar-refractivity contribution < 1.29 is 9.53 Å². The fourth-order valence-electron chi connectivity index (χ4n) is 2.28. The van der Waals surface area contributed by atoms with Gasteiger partial charge in [0.05, 0.1) is 16.4 Å². The van der Waals surface area contributed by atoms with Crippen molar-refractivity contribution in [2.45, 2.75) is 24.9 Å². The number of thiophene rings is 1. The Morgan fingerprint density at radius 1 is 1.61 bits per heavy atom. The van der Waals surface area contributed by atoms with E-state index in [1.54, 1.807) is 18.4 Å². The van der Waals surface area contributed by atoms with Gasteiger partial charge in [0.25, 0.3) is 0 Å². The lowest BCUT2D eigenvalue weighted by Gasteiger charge is -2.39. The number of amides is 1. The molecule has 1 amide bonds. The van der Waals surface area contributed by atoms with Gasteiger partial charge in [0.2, 0.25) is 5.91 Å². The third-order valence-electron chi connectivity index (χ3n) is 3.18. The molecule has 1 aliphatic heterocycles. The van der Waals surface area contributed by atoms with Crippen molar-refractivity contribution in [3.63, 3.8) is 0 Å². The quantitative estimate of drug-likeness (QED) is 0.919. The molecule has 6 heteroatoms. The maximum atomic E-state index is 12.0. The second-order valence-corrected chi connectivity index (χ2v) is 6.86. The Bertz CT molecular complexity index is 424. The Hall–Kier alpha value is -0.430. The SMILES string of the molecule is COCCN1C(=O)CCC(N)C1c1ccc(Br)s1. The zero-order valence-corrected chi connectivity index (χ0v) is 12.7. The monoisotopic (exact) mass is 332 g/mol. The van der Waals surface area contributed by atoms with Crippen LogP contribution in [0, 0.1) is 0 Å². The smallest absolute Gasteiger partial charge is 0.223 e. The molecule has 2 N–H and O–H groups in total. The molecule has 4 nitrogen and oxygen atoms in total. The second-order valence-electron chi connectivity index (χ2n) is 4.37. The van der Waals surface area contributed by atoms with Crippen LogP contribution in [0.3, 0.4) is 0 Å². The predicted molar refractivity (Wildman–Crippen MR) is 75.6 cm³/mol. The summed E-state index contributed by atoms with van der Waals surface area (Å²) >= 11 is 5.10. The Kier molecular flexibility index (Phi) is 4.77. The molecule has 2 heterocycles. The minimum atomic E-state index is -0.0160. The van der Waals surface area contributed by atoms with Gasteiger partial charge < -0.3 is 15.4 Å². The zero-order valence-electron chi connectivity index (χ0n) is 10.3. The van der Waals surface area contributed by atoms with Gasteiger partial charge >= 0.3 is 0 Å². The normalized spacial score (nSPS) is 24.6. The van der Waals surface area contributed by atoms with E-state index in [9.17, 15) is 4.79 Å². The molecule has 18 heavy (non-hydrogen) atoms. The van der Waals surface area contributed by atoms with Crippen LogP contribution in [0.2, 0.25) is 0 Å². The van der Waals surface area contributed by atoms with Gasteiger partial charge in [0.15, 0.2) is 0 Å². The molecule has 0 spiro atoms. The summed E-state index contributed by atoms with van der Waals surface area (Å²) in [6.07, 6.45) is 1.29. The van der Waals surface area contributed by atoms with Crippen LogP contribution in [0.15, 0.2) is 15.9 Å². The molecule has 0 radical (unpaired) electrons. The number of piperidine rings is 1. The van der Waals surface area contributed by atoms with Crippen LogP contribution >= 0.6 is 27.3 Å². The Balaban J connectivity index is 2.22. The van der Waals surface area contributed by atoms with Crippen LogP contribution in [0.1, 0.15) is 23.8 Å². The highest BCUT2D eigenvalue weighted by Crippen LogP contribution is 2.36. The van der Waals surface area contributed by atoms with Crippen molar-refractivity contribution >= 4 is 33.2 Å². The number of hydrogen-bond donors (Lipinski definition) is 1. The van der Waals surface area contributed by atoms with E-state index in [2.05, 4.69) is 15.9 Å². The number of nitrogens with zero attached hydrogens (tertiary/aromatic N) is 1. The van der Waals surface area contributed by atoms with Gasteiger partial charge in [-0.15, -0.1) is 11.3 Å². The summed E-state index contributed by atoms with van der Waals surface area (Å²) in [4.78, 5) is 15.0. The number of methoxy groups -OCH3 is 1. The number of likely N-dealkylation sites (tertiary alicyclic amines) is 1. The molecule has 100 valence electrons. The predicted octanol–water partition coefficient (Wildman–Crippen LogP) is 2.15. The van der Waals surface area contributed by atoms with E-state index in [1.165, 1.54) is 0 Å². The number of carbonyl (C=O) groups excluding carboxylic acids is 1. The van der Waals surface area contributed by atoms with Gasteiger partial charge in [-0.1, -0.05) is 0 Å². The van der Waals surface area contributed by atoms with E-state index in [1.807, 2.05) is 17.0 Å². The van der Waals surface area contributed by atoms with Crippen LogP contribution in [-0.4, -0.2) is 37.1 Å². The Morgan fingerprint density at radius 3 is 3.00 bits per heavy atom. The first-order chi connectivity index (χ1) is 8.63. The molecule has 0 aromatic carbocycles. The van der Waals surface area contributed by atoms with Gasteiger partial charge in [0, 0.05) is 31.0 Å². The summed E-state index contributed by atoms with van der Waals surface area (Å²) in [6.45, 7) is 1.14. The third kappa shape index (κ3) is 2.93. The highest BCUT2D eigenvalue weighted by atomic mass is 79.9. The lowest BCUT2D eigenvalue weighted by Crippen LogP contribution is -2.49. The van der Waals surface area contributed by atoms with Gasteiger partial charge in [-0.3, -0.25) is 4.79 Å². The lowest BCUT2D eigenvalue weighted by atomic mass is 9.95. The van der Waals surface area contributed by atoms with Crippen molar-refractivity contribution in [2.24, 2.45) is 5.73 Å². The van der Waals surface area contributed by atoms with Crippen molar-refractivity contribution in [1.29, 1.82) is 0 Å². The second kappa shape index (κ2) is 6.14. The standard InChI is InChI=1S/C12H17BrN2O2S/c1-17-7-6-15-11(16)5-2-8(14)12(15)9-3-4-10(13)18-9/h3-4,8,12H,2,5-7,14H2,1H3. The first-order valence-electron chi connectivity index (χ1n) is 5.92. The number of rotatable bonds is 4. The van der Waals surface area contributed by atoms with Crippen molar-refractivity contribution in [3.8, 4) is 0 Å². The molecule has 0 aliphatic carbocycles. The van der Waals surface area contributed by atoms with Gasteiger partial charge in [-0.25, -0.2) is 0 Å². The minimum Gasteiger partial charge on any atom is -0.383 e. The van der Waals surface area contributed by atoms with E-state index in [-0.39, 0.29) is 18.0 Å². The fourth-order valence-corrected chi connectivity index (χ4v) is 3.90. The summed E-state index contributed by atoms with van der Waals surface area (Å²) in [5, 5.41) is 0. The topological polar surface area (TPSA) is 55.6 Å². The molecule has 1 fully saturated rings. The van der Waals surface area contributed by atoms with Crippen LogP contribution in [0.4, 0.5) is 0 Å². The molecule has 1 saturated heterocycles. The molecule has 1 aromatic rings. The summed E-state index contributed by atoms with van der Waals surface area (Å²) in [7, 11) is 1.64. The van der Waals surface area contributed by atoms with Gasteiger partial charge in [-0.2, -0.15) is 0 Å². The largest absolute Gasteiger partial charge is 0.383 e. The van der Waals surface area contributed by atoms with Crippen LogP contribution in [0.25, 0.3) is 0 Å². The van der Waals surface area contributed by atoms with Gasteiger partial charge in [0.1, 0.15) is 0 Å². The van der Waals surface area contributed by atoms with Gasteiger partial charge in [-0.05, 0) is 34.5 Å². The first kappa shape index (κ1) is 14.0. The number of hydrogen-bond acceptors (Lipinski definition) is 4. The van der Waals surface area contributed by atoms with Crippen LogP contribution in [0.5, 0.6) is 0 Å². The molecular weight excluding hydrogens is 316 g/mol. The summed E-state index contributed by atoms with van der Waals surface area (Å²) < 4.78 is 6.14. The molecule has 1 aliphatic rings. The first-order valence-corrected chi connectivity index (χ1v) is 7.53. The van der Waals surface area contributed by atoms with Crippen LogP contribution < -0.4 is 5.73 Å². The molecule has 2 rings (SSSR count). The molecular formula is C12H17BrN2O2S. The summed E-state index contributed by atoms with van der Waals surface area (Å²) in [5.41, 5.74) is 6.20. The minimum absolute atomic E-state index is 0.00473. The molecule has 2 atom stereocenters. The highest BCUT2D eigenvalue weighted by Gasteiger charge is 2.35. The number of halogens is 1. The number of ether oxygens (including phenoxy) is 1. The number of carbonyl (C=O) groups is 1. The van der Waals surface area contributed by atoms with Crippen molar-refractivity contribution in [3.05, 3.63) is 20.8 Å². The maximum absolute atomic E-state index is 12.0. The van der Waals surface area contributed by atoms with Crippen molar-refractivity contribution in [2.75, 3.05) is 20.3 Å². The van der Waals surface area contributed by atoms with E-state index in [0.717, 1.165) is 15.1 Å². The number of nitrogens with two attached hydrogens (primary N) is 1. The van der Waals surface area contributed by atoms with Crippen LogP contribution in [-0.2, 0) is 9.53 Å². The van der Waals surface area contributed by atoms with E-state index < -0.39 is 0 Å². The molecule has 0 saturated carbocycles. The maximum Gasteiger partial charge on any atom is 0.223 e. The summed E-state index contributed by atoms with van der Waals surface area (Å²) in [5.74, 6) is 0.170. The zero-order chi connectivity index (χ0) is 13.1. The van der Waals surface area contributed by atoms with E-state index in [4.69, 9.17) is 10.5 Å². The van der Waals surface area contributed by atoms with E-state index >= 15 is 0 Å². The third-order valence-corrected chi connectivity index (χ3v) is 4.87.